The zero-order chi connectivity index (χ0) is 17.4. The maximum Gasteiger partial charge on any atom is 0.262 e. The first kappa shape index (κ1) is 15.7. The highest BCUT2D eigenvalue weighted by Gasteiger charge is 2.39. The average Bonchev–Trinajstić information content (AvgIpc) is 2.66. The zero-order valence-corrected chi connectivity index (χ0v) is 14.4. The Hall–Kier alpha value is -2.85. The van der Waals surface area contributed by atoms with Crippen molar-refractivity contribution in [1.29, 1.82) is 0 Å². The minimum absolute atomic E-state index is 0.0857. The Morgan fingerprint density at radius 1 is 0.920 bits per heavy atom. The van der Waals surface area contributed by atoms with E-state index in [9.17, 15) is 4.79 Å². The maximum absolute atomic E-state index is 13.3. The van der Waals surface area contributed by atoms with Gasteiger partial charge in [-0.3, -0.25) is 14.7 Å². The van der Waals surface area contributed by atoms with Crippen molar-refractivity contribution in [2.24, 2.45) is 0 Å². The molecule has 1 aromatic heterocycles. The minimum atomic E-state index is -0.372. The summed E-state index contributed by atoms with van der Waals surface area (Å²) in [5.41, 5.74) is 2.99. The highest BCUT2D eigenvalue weighted by molar-refractivity contribution is 6.34. The van der Waals surface area contributed by atoms with Gasteiger partial charge in [0.05, 0.1) is 27.7 Å². The molecule has 0 aliphatic carbocycles. The first-order valence-corrected chi connectivity index (χ1v) is 8.37. The highest BCUT2D eigenvalue weighted by atomic mass is 35.5. The Bertz CT molecular complexity index is 929. The number of rotatable bonds is 2. The quantitative estimate of drug-likeness (QED) is 0.682. The maximum atomic E-state index is 13.3. The summed E-state index contributed by atoms with van der Waals surface area (Å²) in [4.78, 5) is 21.6. The van der Waals surface area contributed by atoms with Crippen molar-refractivity contribution in [2.45, 2.75) is 6.17 Å². The number of benzene rings is 2. The molecule has 1 amide bonds. The van der Waals surface area contributed by atoms with Gasteiger partial charge in [0.2, 0.25) is 0 Å². The fourth-order valence-electron chi connectivity index (χ4n) is 3.26. The number of carbonyl (C=O) groups excluding carboxylic acids is 1. The van der Waals surface area contributed by atoms with Gasteiger partial charge in [-0.1, -0.05) is 41.9 Å². The summed E-state index contributed by atoms with van der Waals surface area (Å²) in [6, 6.07) is 20.7. The molecule has 0 bridgehead atoms. The number of pyridine rings is 1. The Morgan fingerprint density at radius 3 is 2.32 bits per heavy atom. The van der Waals surface area contributed by atoms with Gasteiger partial charge in [0, 0.05) is 13.2 Å². The molecule has 1 aliphatic rings. The Labute approximate surface area is 151 Å². The first-order chi connectivity index (χ1) is 12.2. The summed E-state index contributed by atoms with van der Waals surface area (Å²) in [6.45, 7) is 0. The van der Waals surface area contributed by atoms with Crippen LogP contribution in [0.2, 0.25) is 5.02 Å². The van der Waals surface area contributed by atoms with Crippen molar-refractivity contribution in [3.8, 4) is 0 Å². The lowest BCUT2D eigenvalue weighted by atomic mass is 10.0. The summed E-state index contributed by atoms with van der Waals surface area (Å²) < 4.78 is 0. The second-order valence-corrected chi connectivity index (χ2v) is 6.29. The van der Waals surface area contributed by atoms with Crippen LogP contribution in [-0.2, 0) is 0 Å². The molecule has 25 heavy (non-hydrogen) atoms. The molecule has 0 fully saturated rings. The van der Waals surface area contributed by atoms with E-state index >= 15 is 0 Å². The number of halogens is 1. The lowest BCUT2D eigenvalue weighted by molar-refractivity contribution is 0.0969. The van der Waals surface area contributed by atoms with E-state index in [0.29, 0.717) is 16.3 Å². The number of fused-ring (bicyclic) bond motifs is 1. The monoisotopic (exact) mass is 349 g/mol. The molecule has 1 aliphatic heterocycles. The molecule has 1 atom stereocenters. The van der Waals surface area contributed by atoms with Crippen LogP contribution >= 0.6 is 11.6 Å². The molecule has 0 saturated heterocycles. The number of carbonyl (C=O) groups is 1. The third-order valence-electron chi connectivity index (χ3n) is 4.41. The molecule has 1 unspecified atom stereocenters. The summed E-state index contributed by atoms with van der Waals surface area (Å²) in [6.07, 6.45) is 1.36. The van der Waals surface area contributed by atoms with E-state index in [1.807, 2.05) is 67.7 Å². The van der Waals surface area contributed by atoms with E-state index in [4.69, 9.17) is 11.6 Å². The fraction of sp³-hybridized carbons (Fsp3) is 0.100. The predicted molar refractivity (Wildman–Crippen MR) is 100 cm³/mol. The molecule has 4 nitrogen and oxygen atoms in total. The summed E-state index contributed by atoms with van der Waals surface area (Å²) in [7, 11) is 1.97. The highest BCUT2D eigenvalue weighted by Crippen LogP contribution is 2.41. The van der Waals surface area contributed by atoms with Crippen LogP contribution in [0.25, 0.3) is 0 Å². The van der Waals surface area contributed by atoms with Crippen molar-refractivity contribution in [3.05, 3.63) is 89.2 Å². The summed E-state index contributed by atoms with van der Waals surface area (Å²) in [5.74, 6) is -0.0857. The molecule has 4 rings (SSSR count). The largest absolute Gasteiger partial charge is 0.348 e. The van der Waals surface area contributed by atoms with Crippen molar-refractivity contribution >= 4 is 28.9 Å². The van der Waals surface area contributed by atoms with Crippen LogP contribution in [0.4, 0.5) is 11.4 Å². The first-order valence-electron chi connectivity index (χ1n) is 7.99. The van der Waals surface area contributed by atoms with Crippen molar-refractivity contribution < 1.29 is 4.79 Å². The molecule has 0 spiro atoms. The van der Waals surface area contributed by atoms with Crippen molar-refractivity contribution in [1.82, 2.24) is 4.98 Å². The molecule has 2 heterocycles. The van der Waals surface area contributed by atoms with Crippen LogP contribution in [-0.4, -0.2) is 17.9 Å². The standard InChI is InChI=1S/C20H16ClN3O/c1-23-17-11-4-2-8-14(17)20(25)24(18-12-5-3-9-15(18)21)19(23)16-10-6-7-13-22-16/h2-13,19H,1H3. The van der Waals surface area contributed by atoms with E-state index in [1.165, 1.54) is 0 Å². The zero-order valence-electron chi connectivity index (χ0n) is 13.6. The van der Waals surface area contributed by atoms with Crippen LogP contribution < -0.4 is 9.80 Å². The fourth-order valence-corrected chi connectivity index (χ4v) is 3.48. The van der Waals surface area contributed by atoms with Gasteiger partial charge in [-0.15, -0.1) is 0 Å². The lowest BCUT2D eigenvalue weighted by Gasteiger charge is -2.43. The van der Waals surface area contributed by atoms with E-state index < -0.39 is 0 Å². The number of anilines is 2. The second kappa shape index (κ2) is 6.22. The number of nitrogens with zero attached hydrogens (tertiary/aromatic N) is 3. The Kier molecular flexibility index (Phi) is 3.90. The average molecular weight is 350 g/mol. The van der Waals surface area contributed by atoms with Gasteiger partial charge in [-0.2, -0.15) is 0 Å². The molecule has 0 radical (unpaired) electrons. The van der Waals surface area contributed by atoms with E-state index in [0.717, 1.165) is 11.4 Å². The van der Waals surface area contributed by atoms with Crippen LogP contribution in [0.3, 0.4) is 0 Å². The number of hydrogen-bond acceptors (Lipinski definition) is 3. The smallest absolute Gasteiger partial charge is 0.262 e. The normalized spacial score (nSPS) is 16.7. The summed E-state index contributed by atoms with van der Waals surface area (Å²) in [5, 5.41) is 0.532. The van der Waals surface area contributed by atoms with Gasteiger partial charge < -0.3 is 4.90 Å². The SMILES string of the molecule is CN1c2ccccc2C(=O)N(c2ccccc2Cl)C1c1ccccn1. The molecule has 2 aromatic carbocycles. The second-order valence-electron chi connectivity index (χ2n) is 5.88. The van der Waals surface area contributed by atoms with Crippen LogP contribution in [0.5, 0.6) is 0 Å². The number of amides is 1. The molecule has 0 N–H and O–H groups in total. The van der Waals surface area contributed by atoms with Crippen molar-refractivity contribution in [3.63, 3.8) is 0 Å². The van der Waals surface area contributed by atoms with Gasteiger partial charge in [0.1, 0.15) is 0 Å². The van der Waals surface area contributed by atoms with Gasteiger partial charge in [-0.05, 0) is 36.4 Å². The Balaban J connectivity index is 1.95. The summed E-state index contributed by atoms with van der Waals surface area (Å²) >= 11 is 6.42. The van der Waals surface area contributed by atoms with Crippen LogP contribution in [0, 0.1) is 0 Å². The molecule has 124 valence electrons. The van der Waals surface area contributed by atoms with Gasteiger partial charge in [0.15, 0.2) is 6.17 Å². The van der Waals surface area contributed by atoms with Crippen LogP contribution in [0.1, 0.15) is 22.2 Å². The lowest BCUT2D eigenvalue weighted by Crippen LogP contribution is -2.48. The number of para-hydroxylation sites is 2. The molecular weight excluding hydrogens is 334 g/mol. The third kappa shape index (κ3) is 2.55. The van der Waals surface area contributed by atoms with Crippen molar-refractivity contribution in [2.75, 3.05) is 16.8 Å². The molecule has 5 heteroatoms. The third-order valence-corrected chi connectivity index (χ3v) is 4.73. The van der Waals surface area contributed by atoms with Gasteiger partial charge in [-0.25, -0.2) is 0 Å². The predicted octanol–water partition coefficient (Wildman–Crippen LogP) is 4.53. The van der Waals surface area contributed by atoms with Gasteiger partial charge >= 0.3 is 0 Å². The minimum Gasteiger partial charge on any atom is -0.348 e. The number of hydrogen-bond donors (Lipinski definition) is 0. The topological polar surface area (TPSA) is 36.4 Å². The molecule has 0 saturated carbocycles. The van der Waals surface area contributed by atoms with Gasteiger partial charge in [0.25, 0.3) is 5.91 Å². The Morgan fingerprint density at radius 2 is 1.60 bits per heavy atom. The van der Waals surface area contributed by atoms with E-state index in [1.54, 1.807) is 17.2 Å². The number of aromatic nitrogens is 1. The van der Waals surface area contributed by atoms with E-state index in [-0.39, 0.29) is 12.1 Å². The molecule has 3 aromatic rings. The molecular formula is C20H16ClN3O. The van der Waals surface area contributed by atoms with Crippen LogP contribution in [0.15, 0.2) is 72.9 Å². The van der Waals surface area contributed by atoms with E-state index in [2.05, 4.69) is 9.88 Å².